The normalized spacial score (nSPS) is 10.8. The van der Waals surface area contributed by atoms with Crippen LogP contribution in [-0.2, 0) is 6.42 Å². The minimum absolute atomic E-state index is 0.0422. The van der Waals surface area contributed by atoms with E-state index in [9.17, 15) is 4.79 Å². The van der Waals surface area contributed by atoms with Gasteiger partial charge in [0.15, 0.2) is 5.78 Å². The Kier molecular flexibility index (Phi) is 5.11. The molecule has 0 saturated carbocycles. The second kappa shape index (κ2) is 8.02. The summed E-state index contributed by atoms with van der Waals surface area (Å²) in [6.45, 7) is 0. The number of aromatic nitrogens is 4. The first-order valence-electron chi connectivity index (χ1n) is 9.16. The number of para-hydroxylation sites is 1. The fourth-order valence-electron chi connectivity index (χ4n) is 3.16. The molecule has 2 N–H and O–H groups in total. The van der Waals surface area contributed by atoms with Gasteiger partial charge in [0.05, 0.1) is 18.5 Å². The third kappa shape index (κ3) is 3.89. The van der Waals surface area contributed by atoms with Crippen molar-refractivity contribution in [1.29, 1.82) is 0 Å². The summed E-state index contributed by atoms with van der Waals surface area (Å²) in [5, 5.41) is 0.624. The first kappa shape index (κ1) is 18.5. The largest absolute Gasteiger partial charge is 0.494 e. The van der Waals surface area contributed by atoms with Crippen molar-refractivity contribution in [2.24, 2.45) is 0 Å². The molecular weight excluding hydrogens is 366 g/mol. The van der Waals surface area contributed by atoms with Crippen LogP contribution in [0.1, 0.15) is 22.6 Å². The Hall–Kier alpha value is -3.87. The van der Waals surface area contributed by atoms with Crippen molar-refractivity contribution in [2.75, 3.05) is 12.8 Å². The van der Waals surface area contributed by atoms with Gasteiger partial charge in [0, 0.05) is 23.7 Å². The third-order valence-corrected chi connectivity index (χ3v) is 4.53. The van der Waals surface area contributed by atoms with E-state index in [1.54, 1.807) is 31.5 Å². The second-order valence-electron chi connectivity index (χ2n) is 6.44. The summed E-state index contributed by atoms with van der Waals surface area (Å²) >= 11 is 0. The van der Waals surface area contributed by atoms with E-state index in [0.717, 1.165) is 17.1 Å². The summed E-state index contributed by atoms with van der Waals surface area (Å²) in [4.78, 5) is 30.3. The van der Waals surface area contributed by atoms with Gasteiger partial charge < -0.3 is 10.5 Å². The van der Waals surface area contributed by atoms with Crippen LogP contribution in [-0.4, -0.2) is 32.8 Å². The fourth-order valence-corrected chi connectivity index (χ4v) is 3.16. The molecule has 0 amide bonds. The average molecular weight is 385 g/mol. The molecule has 0 unspecified atom stereocenters. The van der Waals surface area contributed by atoms with Crippen LogP contribution in [0.5, 0.6) is 5.75 Å². The molecular formula is C22H19N5O2. The number of fused-ring (bicyclic) bond motifs is 1. The minimum Gasteiger partial charge on any atom is -0.494 e. The summed E-state index contributed by atoms with van der Waals surface area (Å²) < 4.78 is 5.33. The number of Topliss-reactive ketones (excluding diaryl/α,β-unsaturated/α-hetero) is 1. The molecule has 0 fully saturated rings. The Morgan fingerprint density at radius 1 is 0.966 bits per heavy atom. The summed E-state index contributed by atoms with van der Waals surface area (Å²) in [5.41, 5.74) is 9.03. The van der Waals surface area contributed by atoms with E-state index in [2.05, 4.69) is 19.9 Å². The number of methoxy groups -OCH3 is 1. The van der Waals surface area contributed by atoms with Crippen molar-refractivity contribution in [3.05, 3.63) is 72.2 Å². The van der Waals surface area contributed by atoms with Gasteiger partial charge in [0.1, 0.15) is 17.0 Å². The van der Waals surface area contributed by atoms with Gasteiger partial charge in [0.25, 0.3) is 0 Å². The molecule has 0 radical (unpaired) electrons. The third-order valence-electron chi connectivity index (χ3n) is 4.53. The lowest BCUT2D eigenvalue weighted by atomic mass is 10.1. The number of benzene rings is 1. The van der Waals surface area contributed by atoms with E-state index in [4.69, 9.17) is 10.5 Å². The summed E-state index contributed by atoms with van der Waals surface area (Å²) in [6, 6.07) is 16.8. The molecule has 7 heteroatoms. The van der Waals surface area contributed by atoms with Crippen LogP contribution in [0, 0.1) is 0 Å². The predicted octanol–water partition coefficient (Wildman–Crippen LogP) is 3.49. The number of ketones is 1. The van der Waals surface area contributed by atoms with Crippen molar-refractivity contribution >= 4 is 22.6 Å². The molecule has 0 atom stereocenters. The Morgan fingerprint density at radius 3 is 2.59 bits per heavy atom. The van der Waals surface area contributed by atoms with Crippen molar-refractivity contribution < 1.29 is 9.53 Å². The highest BCUT2D eigenvalue weighted by Gasteiger charge is 2.17. The van der Waals surface area contributed by atoms with Crippen LogP contribution in [0.2, 0.25) is 0 Å². The fraction of sp³-hybridized carbons (Fsp3) is 0.136. The topological polar surface area (TPSA) is 104 Å². The minimum atomic E-state index is -0.123. The standard InChI is InChI=1S/C22H19N5O2/c1-29-19-10-5-7-15-20(26-22(23)27-21(15)19)18(28)12-11-14-6-4-9-17(25-14)16-8-2-3-13-24-16/h2-10,13H,11-12H2,1H3,(H2,23,26,27). The van der Waals surface area contributed by atoms with Crippen LogP contribution >= 0.6 is 0 Å². The van der Waals surface area contributed by atoms with Gasteiger partial charge in [-0.1, -0.05) is 24.3 Å². The number of anilines is 1. The molecule has 4 aromatic rings. The Balaban J connectivity index is 1.58. The van der Waals surface area contributed by atoms with Crippen LogP contribution in [0.25, 0.3) is 22.3 Å². The Bertz CT molecular complexity index is 1180. The number of carbonyl (C=O) groups excluding carboxylic acids is 1. The first-order valence-corrected chi connectivity index (χ1v) is 9.16. The average Bonchev–Trinajstić information content (AvgIpc) is 2.77. The van der Waals surface area contributed by atoms with E-state index in [1.807, 2.05) is 36.4 Å². The Labute approximate surface area is 167 Å². The maximum absolute atomic E-state index is 12.9. The summed E-state index contributed by atoms with van der Waals surface area (Å²) in [7, 11) is 1.55. The zero-order valence-corrected chi connectivity index (χ0v) is 15.9. The molecule has 7 nitrogen and oxygen atoms in total. The van der Waals surface area contributed by atoms with Crippen LogP contribution in [0.3, 0.4) is 0 Å². The van der Waals surface area contributed by atoms with Crippen molar-refractivity contribution in [2.45, 2.75) is 12.8 Å². The second-order valence-corrected chi connectivity index (χ2v) is 6.44. The van der Waals surface area contributed by atoms with Gasteiger partial charge in [-0.3, -0.25) is 14.8 Å². The van der Waals surface area contributed by atoms with Crippen molar-refractivity contribution in [3.63, 3.8) is 0 Å². The molecule has 1 aromatic carbocycles. The lowest BCUT2D eigenvalue weighted by Gasteiger charge is -2.09. The SMILES string of the molecule is COc1cccc2c(C(=O)CCc3cccc(-c4ccccn4)n3)nc(N)nc12. The van der Waals surface area contributed by atoms with E-state index < -0.39 is 0 Å². The van der Waals surface area contributed by atoms with Gasteiger partial charge in [-0.15, -0.1) is 0 Å². The number of aryl methyl sites for hydroxylation is 1. The van der Waals surface area contributed by atoms with Crippen molar-refractivity contribution in [3.8, 4) is 17.1 Å². The number of nitrogens with zero attached hydrogens (tertiary/aromatic N) is 4. The molecule has 0 aliphatic rings. The van der Waals surface area contributed by atoms with Gasteiger partial charge in [-0.05, 0) is 36.8 Å². The van der Waals surface area contributed by atoms with E-state index in [1.165, 1.54) is 0 Å². The molecule has 0 spiro atoms. The van der Waals surface area contributed by atoms with Gasteiger partial charge in [-0.25, -0.2) is 9.97 Å². The van der Waals surface area contributed by atoms with Crippen molar-refractivity contribution in [1.82, 2.24) is 19.9 Å². The van der Waals surface area contributed by atoms with Gasteiger partial charge in [0.2, 0.25) is 5.95 Å². The zero-order valence-electron chi connectivity index (χ0n) is 15.9. The summed E-state index contributed by atoms with van der Waals surface area (Å²) in [6.07, 6.45) is 2.46. The number of pyridine rings is 2. The molecule has 0 bridgehead atoms. The molecule has 0 saturated heterocycles. The summed E-state index contributed by atoms with van der Waals surface area (Å²) in [5.74, 6) is 0.471. The number of nitrogens with two attached hydrogens (primary N) is 1. The number of rotatable bonds is 6. The lowest BCUT2D eigenvalue weighted by molar-refractivity contribution is 0.0979. The molecule has 29 heavy (non-hydrogen) atoms. The maximum atomic E-state index is 12.9. The number of hydrogen-bond acceptors (Lipinski definition) is 7. The number of ether oxygens (including phenoxy) is 1. The van der Waals surface area contributed by atoms with E-state index >= 15 is 0 Å². The number of nitrogen functional groups attached to an aromatic ring is 1. The number of hydrogen-bond donors (Lipinski definition) is 1. The lowest BCUT2D eigenvalue weighted by Crippen LogP contribution is -2.09. The van der Waals surface area contributed by atoms with E-state index in [0.29, 0.717) is 28.8 Å². The smallest absolute Gasteiger partial charge is 0.221 e. The quantitative estimate of drug-likeness (QED) is 0.507. The van der Waals surface area contributed by atoms with Gasteiger partial charge in [-0.2, -0.15) is 0 Å². The predicted molar refractivity (Wildman–Crippen MR) is 111 cm³/mol. The first-order chi connectivity index (χ1) is 14.2. The van der Waals surface area contributed by atoms with Crippen LogP contribution in [0.4, 0.5) is 5.95 Å². The monoisotopic (exact) mass is 385 g/mol. The highest BCUT2D eigenvalue weighted by Crippen LogP contribution is 2.27. The number of carbonyl (C=O) groups is 1. The van der Waals surface area contributed by atoms with Crippen LogP contribution < -0.4 is 10.5 Å². The van der Waals surface area contributed by atoms with Gasteiger partial charge >= 0.3 is 0 Å². The zero-order chi connectivity index (χ0) is 20.2. The molecule has 0 aliphatic carbocycles. The van der Waals surface area contributed by atoms with E-state index in [-0.39, 0.29) is 18.2 Å². The van der Waals surface area contributed by atoms with Crippen LogP contribution in [0.15, 0.2) is 60.8 Å². The molecule has 3 aromatic heterocycles. The maximum Gasteiger partial charge on any atom is 0.221 e. The highest BCUT2D eigenvalue weighted by atomic mass is 16.5. The molecule has 4 rings (SSSR count). The Morgan fingerprint density at radius 2 is 1.79 bits per heavy atom. The molecule has 3 heterocycles. The molecule has 0 aliphatic heterocycles. The highest BCUT2D eigenvalue weighted by molar-refractivity contribution is 6.07. The molecule has 144 valence electrons.